The van der Waals surface area contributed by atoms with Gasteiger partial charge >= 0.3 is 0 Å². The average molecular weight is 254 g/mol. The number of thioether (sulfide) groups is 1. The van der Waals surface area contributed by atoms with Crippen LogP contribution < -0.4 is 5.32 Å². The smallest absolute Gasteiger partial charge is 0.0545 e. The van der Waals surface area contributed by atoms with Crippen molar-refractivity contribution >= 4 is 11.8 Å². The zero-order valence-electron chi connectivity index (χ0n) is 11.2. The van der Waals surface area contributed by atoms with Crippen molar-refractivity contribution in [3.8, 4) is 12.3 Å². The van der Waals surface area contributed by atoms with Gasteiger partial charge in [-0.1, -0.05) is 26.2 Å². The molecule has 17 heavy (non-hydrogen) atoms. The fourth-order valence-electron chi connectivity index (χ4n) is 2.46. The standard InChI is InChI=1S/C14H26N2S/c1-4-7-13-12-16(8-10-17-9-5-2)14(6-3)11-15-13/h2,13-15H,4,6-12H2,1,3H3. The zero-order valence-corrected chi connectivity index (χ0v) is 12.1. The minimum atomic E-state index is 0.695. The van der Waals surface area contributed by atoms with E-state index < -0.39 is 0 Å². The van der Waals surface area contributed by atoms with Gasteiger partial charge in [0.1, 0.15) is 0 Å². The van der Waals surface area contributed by atoms with Crippen LogP contribution in [0.15, 0.2) is 0 Å². The van der Waals surface area contributed by atoms with Gasteiger partial charge in [0, 0.05) is 37.5 Å². The number of piperazine rings is 1. The molecule has 0 aliphatic carbocycles. The third kappa shape index (κ3) is 5.33. The molecule has 0 radical (unpaired) electrons. The summed E-state index contributed by atoms with van der Waals surface area (Å²) in [7, 11) is 0. The normalized spacial score (nSPS) is 25.7. The van der Waals surface area contributed by atoms with Crippen LogP contribution in [0.25, 0.3) is 0 Å². The number of hydrogen-bond donors (Lipinski definition) is 1. The van der Waals surface area contributed by atoms with Crippen LogP contribution in [0.1, 0.15) is 33.1 Å². The molecular weight excluding hydrogens is 228 g/mol. The van der Waals surface area contributed by atoms with E-state index >= 15 is 0 Å². The molecule has 3 heteroatoms. The summed E-state index contributed by atoms with van der Waals surface area (Å²) in [6, 6.07) is 1.41. The van der Waals surface area contributed by atoms with Gasteiger partial charge in [0.05, 0.1) is 5.75 Å². The van der Waals surface area contributed by atoms with Gasteiger partial charge in [0.15, 0.2) is 0 Å². The van der Waals surface area contributed by atoms with E-state index in [-0.39, 0.29) is 0 Å². The molecule has 1 rings (SSSR count). The minimum absolute atomic E-state index is 0.695. The maximum Gasteiger partial charge on any atom is 0.0545 e. The van der Waals surface area contributed by atoms with Gasteiger partial charge in [0.2, 0.25) is 0 Å². The van der Waals surface area contributed by atoms with Crippen molar-refractivity contribution in [3.63, 3.8) is 0 Å². The van der Waals surface area contributed by atoms with E-state index in [0.717, 1.165) is 18.3 Å². The van der Waals surface area contributed by atoms with Crippen LogP contribution in [0.3, 0.4) is 0 Å². The summed E-state index contributed by atoms with van der Waals surface area (Å²) in [6.07, 6.45) is 9.08. The second kappa shape index (κ2) is 8.85. The van der Waals surface area contributed by atoms with Crippen molar-refractivity contribution in [1.82, 2.24) is 10.2 Å². The van der Waals surface area contributed by atoms with E-state index in [0.29, 0.717) is 6.04 Å². The van der Waals surface area contributed by atoms with E-state index in [1.807, 2.05) is 11.8 Å². The molecule has 0 aromatic carbocycles. The Morgan fingerprint density at radius 3 is 2.94 bits per heavy atom. The summed E-state index contributed by atoms with van der Waals surface area (Å²) in [4.78, 5) is 2.65. The Hall–Kier alpha value is -0.170. The first-order chi connectivity index (χ1) is 8.31. The molecule has 0 spiro atoms. The number of rotatable bonds is 7. The Balaban J connectivity index is 2.32. The number of nitrogens with one attached hydrogen (secondary N) is 1. The van der Waals surface area contributed by atoms with E-state index in [4.69, 9.17) is 6.42 Å². The number of nitrogens with zero attached hydrogens (tertiary/aromatic N) is 1. The predicted molar refractivity (Wildman–Crippen MR) is 78.5 cm³/mol. The Bertz CT molecular complexity index is 237. The summed E-state index contributed by atoms with van der Waals surface area (Å²) in [5.74, 6) is 4.71. The van der Waals surface area contributed by atoms with Gasteiger partial charge in [-0.2, -0.15) is 0 Å². The van der Waals surface area contributed by atoms with Crippen molar-refractivity contribution in [3.05, 3.63) is 0 Å². The molecule has 0 aromatic heterocycles. The Morgan fingerprint density at radius 1 is 1.47 bits per heavy atom. The molecule has 2 atom stereocenters. The molecule has 0 amide bonds. The molecule has 1 N–H and O–H groups in total. The van der Waals surface area contributed by atoms with Crippen molar-refractivity contribution in [2.75, 3.05) is 31.1 Å². The van der Waals surface area contributed by atoms with Crippen LogP contribution in [0, 0.1) is 12.3 Å². The summed E-state index contributed by atoms with van der Waals surface area (Å²) in [5, 5.41) is 3.67. The van der Waals surface area contributed by atoms with E-state index in [9.17, 15) is 0 Å². The number of terminal acetylenes is 1. The lowest BCUT2D eigenvalue weighted by Crippen LogP contribution is -2.56. The lowest BCUT2D eigenvalue weighted by Gasteiger charge is -2.40. The highest BCUT2D eigenvalue weighted by atomic mass is 32.2. The fraction of sp³-hybridized carbons (Fsp3) is 0.857. The Labute approximate surface area is 111 Å². The van der Waals surface area contributed by atoms with Crippen molar-refractivity contribution in [1.29, 1.82) is 0 Å². The van der Waals surface area contributed by atoms with Crippen molar-refractivity contribution in [2.24, 2.45) is 0 Å². The molecule has 0 aromatic rings. The van der Waals surface area contributed by atoms with E-state index in [1.165, 1.54) is 38.1 Å². The highest BCUT2D eigenvalue weighted by Crippen LogP contribution is 2.14. The van der Waals surface area contributed by atoms with Gasteiger partial charge in [-0.05, 0) is 12.8 Å². The van der Waals surface area contributed by atoms with Crippen molar-refractivity contribution in [2.45, 2.75) is 45.2 Å². The van der Waals surface area contributed by atoms with Gasteiger partial charge < -0.3 is 5.32 Å². The molecule has 2 unspecified atom stereocenters. The maximum atomic E-state index is 5.27. The lowest BCUT2D eigenvalue weighted by molar-refractivity contribution is 0.131. The van der Waals surface area contributed by atoms with Gasteiger partial charge in [-0.3, -0.25) is 4.90 Å². The monoisotopic (exact) mass is 254 g/mol. The fourth-order valence-corrected chi connectivity index (χ4v) is 3.09. The van der Waals surface area contributed by atoms with Crippen LogP contribution in [0.2, 0.25) is 0 Å². The first kappa shape index (κ1) is 14.9. The SMILES string of the molecule is C#CCSCCN1CC(CCC)NCC1CC. The third-order valence-electron chi connectivity index (χ3n) is 3.43. The quantitative estimate of drug-likeness (QED) is 0.554. The molecule has 1 fully saturated rings. The molecule has 1 aliphatic rings. The summed E-state index contributed by atoms with van der Waals surface area (Å²) < 4.78 is 0. The molecule has 0 bridgehead atoms. The van der Waals surface area contributed by atoms with Crippen LogP contribution in [-0.2, 0) is 0 Å². The first-order valence-corrected chi connectivity index (χ1v) is 7.95. The average Bonchev–Trinajstić information content (AvgIpc) is 2.35. The van der Waals surface area contributed by atoms with Crippen LogP contribution in [0.4, 0.5) is 0 Å². The highest BCUT2D eigenvalue weighted by Gasteiger charge is 2.25. The Kier molecular flexibility index (Phi) is 7.75. The van der Waals surface area contributed by atoms with Crippen LogP contribution >= 0.6 is 11.8 Å². The second-order valence-electron chi connectivity index (χ2n) is 4.71. The first-order valence-electron chi connectivity index (χ1n) is 6.80. The zero-order chi connectivity index (χ0) is 12.5. The molecule has 1 saturated heterocycles. The largest absolute Gasteiger partial charge is 0.311 e. The van der Waals surface area contributed by atoms with Gasteiger partial charge in [0.25, 0.3) is 0 Å². The van der Waals surface area contributed by atoms with Gasteiger partial charge in [-0.25, -0.2) is 0 Å². The van der Waals surface area contributed by atoms with Crippen molar-refractivity contribution < 1.29 is 0 Å². The summed E-state index contributed by atoms with van der Waals surface area (Å²) >= 11 is 1.88. The maximum absolute atomic E-state index is 5.27. The second-order valence-corrected chi connectivity index (χ2v) is 5.81. The summed E-state index contributed by atoms with van der Waals surface area (Å²) in [5.41, 5.74) is 0. The van der Waals surface area contributed by atoms with Crippen LogP contribution in [-0.4, -0.2) is 48.1 Å². The Morgan fingerprint density at radius 2 is 2.29 bits per heavy atom. The molecule has 98 valence electrons. The lowest BCUT2D eigenvalue weighted by atomic mass is 10.0. The van der Waals surface area contributed by atoms with E-state index in [1.54, 1.807) is 0 Å². The van der Waals surface area contributed by atoms with Gasteiger partial charge in [-0.15, -0.1) is 18.2 Å². The molecule has 1 heterocycles. The molecular formula is C14H26N2S. The van der Waals surface area contributed by atoms with Crippen LogP contribution in [0.5, 0.6) is 0 Å². The highest BCUT2D eigenvalue weighted by molar-refractivity contribution is 7.99. The minimum Gasteiger partial charge on any atom is -0.311 e. The summed E-state index contributed by atoms with van der Waals surface area (Å²) in [6.45, 7) is 8.10. The predicted octanol–water partition coefficient (Wildman–Crippen LogP) is 2.21. The molecule has 2 nitrogen and oxygen atoms in total. The van der Waals surface area contributed by atoms with E-state index in [2.05, 4.69) is 30.0 Å². The molecule has 1 aliphatic heterocycles. The number of hydrogen-bond acceptors (Lipinski definition) is 3. The topological polar surface area (TPSA) is 15.3 Å². The molecule has 0 saturated carbocycles. The third-order valence-corrected chi connectivity index (χ3v) is 4.27.